The average molecular weight is 288 g/mol. The van der Waals surface area contributed by atoms with Crippen LogP contribution in [0.25, 0.3) is 0 Å². The van der Waals surface area contributed by atoms with Crippen LogP contribution in [-0.2, 0) is 6.42 Å². The Morgan fingerprint density at radius 1 is 1.24 bits per heavy atom. The predicted molar refractivity (Wildman–Crippen MR) is 91.7 cm³/mol. The Morgan fingerprint density at radius 3 is 2.67 bits per heavy atom. The summed E-state index contributed by atoms with van der Waals surface area (Å²) in [5, 5.41) is 3.31. The molecular formula is C19H32N2. The van der Waals surface area contributed by atoms with Crippen molar-refractivity contribution in [3.8, 4) is 0 Å². The molecule has 2 rings (SSSR count). The van der Waals surface area contributed by atoms with Gasteiger partial charge in [-0.05, 0) is 63.9 Å². The Morgan fingerprint density at radius 2 is 2.00 bits per heavy atom. The van der Waals surface area contributed by atoms with Crippen molar-refractivity contribution in [2.75, 3.05) is 20.1 Å². The monoisotopic (exact) mass is 288 g/mol. The molecule has 0 aromatic heterocycles. The van der Waals surface area contributed by atoms with Gasteiger partial charge in [-0.3, -0.25) is 4.90 Å². The van der Waals surface area contributed by atoms with Crippen molar-refractivity contribution < 1.29 is 0 Å². The number of aryl methyl sites for hydroxylation is 1. The highest BCUT2D eigenvalue weighted by atomic mass is 15.2. The van der Waals surface area contributed by atoms with E-state index in [0.29, 0.717) is 6.04 Å². The van der Waals surface area contributed by atoms with Gasteiger partial charge >= 0.3 is 0 Å². The first-order valence-electron chi connectivity index (χ1n) is 8.75. The van der Waals surface area contributed by atoms with Gasteiger partial charge in [0.25, 0.3) is 0 Å². The fourth-order valence-electron chi connectivity index (χ4n) is 3.60. The molecule has 1 aromatic rings. The third-order valence-corrected chi connectivity index (χ3v) is 4.90. The fraction of sp³-hybridized carbons (Fsp3) is 0.684. The summed E-state index contributed by atoms with van der Waals surface area (Å²) in [4.78, 5) is 2.73. The summed E-state index contributed by atoms with van der Waals surface area (Å²) in [7, 11) is 2.06. The van der Waals surface area contributed by atoms with Crippen LogP contribution in [0.4, 0.5) is 0 Å². The molecule has 1 heterocycles. The summed E-state index contributed by atoms with van der Waals surface area (Å²) in [6.07, 6.45) is 7.81. The van der Waals surface area contributed by atoms with E-state index in [9.17, 15) is 0 Å². The first-order chi connectivity index (χ1) is 10.3. The maximum Gasteiger partial charge on any atom is 0.0322 e. The van der Waals surface area contributed by atoms with E-state index in [1.807, 2.05) is 0 Å². The van der Waals surface area contributed by atoms with Crippen LogP contribution in [0.5, 0.6) is 0 Å². The molecule has 2 nitrogen and oxygen atoms in total. The fourth-order valence-corrected chi connectivity index (χ4v) is 3.60. The number of likely N-dealkylation sites (tertiary alicyclic amines) is 1. The average Bonchev–Trinajstić information content (AvgIpc) is 2.53. The molecule has 2 atom stereocenters. The minimum atomic E-state index is 0.544. The van der Waals surface area contributed by atoms with E-state index in [0.717, 1.165) is 12.6 Å². The lowest BCUT2D eigenvalue weighted by atomic mass is 9.94. The van der Waals surface area contributed by atoms with Gasteiger partial charge in [-0.2, -0.15) is 0 Å². The Bertz CT molecular complexity index is 399. The number of nitrogens with zero attached hydrogens (tertiary/aromatic N) is 1. The van der Waals surface area contributed by atoms with Gasteiger partial charge in [0.1, 0.15) is 0 Å². The summed E-state index contributed by atoms with van der Waals surface area (Å²) in [5.74, 6) is 0. The highest BCUT2D eigenvalue weighted by Gasteiger charge is 2.26. The second-order valence-corrected chi connectivity index (χ2v) is 6.45. The van der Waals surface area contributed by atoms with Crippen molar-refractivity contribution in [2.24, 2.45) is 0 Å². The van der Waals surface area contributed by atoms with Crippen LogP contribution in [-0.4, -0.2) is 31.1 Å². The highest BCUT2D eigenvalue weighted by molar-refractivity contribution is 5.25. The maximum atomic E-state index is 3.31. The molecule has 1 saturated heterocycles. The van der Waals surface area contributed by atoms with E-state index in [4.69, 9.17) is 0 Å². The van der Waals surface area contributed by atoms with Crippen LogP contribution < -0.4 is 5.32 Å². The van der Waals surface area contributed by atoms with Crippen LogP contribution in [0.3, 0.4) is 0 Å². The Hall–Kier alpha value is -0.860. The molecule has 1 fully saturated rings. The van der Waals surface area contributed by atoms with Gasteiger partial charge < -0.3 is 5.32 Å². The van der Waals surface area contributed by atoms with Crippen LogP contribution in [0.15, 0.2) is 24.3 Å². The molecule has 0 radical (unpaired) electrons. The SMILES string of the molecule is CCCc1ccc(C(C)N2CCCCC2CCNC)cc1. The van der Waals surface area contributed by atoms with Crippen LogP contribution in [0, 0.1) is 0 Å². The third kappa shape index (κ3) is 4.55. The molecule has 118 valence electrons. The van der Waals surface area contributed by atoms with Crippen molar-refractivity contribution in [1.29, 1.82) is 0 Å². The van der Waals surface area contributed by atoms with E-state index < -0.39 is 0 Å². The lowest BCUT2D eigenvalue weighted by molar-refractivity contribution is 0.0971. The quantitative estimate of drug-likeness (QED) is 0.810. The standard InChI is InChI=1S/C19H32N2/c1-4-7-17-9-11-18(12-10-17)16(2)21-15-6-5-8-19(21)13-14-20-3/h9-12,16,19-20H,4-8,13-15H2,1-3H3. The Balaban J connectivity index is 2.03. The number of piperidine rings is 1. The van der Waals surface area contributed by atoms with Gasteiger partial charge in [-0.15, -0.1) is 0 Å². The second kappa shape index (κ2) is 8.55. The molecule has 1 aromatic carbocycles. The van der Waals surface area contributed by atoms with Crippen molar-refractivity contribution in [3.63, 3.8) is 0 Å². The predicted octanol–water partition coefficient (Wildman–Crippen LogP) is 4.16. The van der Waals surface area contributed by atoms with E-state index >= 15 is 0 Å². The van der Waals surface area contributed by atoms with E-state index in [-0.39, 0.29) is 0 Å². The first kappa shape index (κ1) is 16.5. The molecule has 0 bridgehead atoms. The van der Waals surface area contributed by atoms with Crippen molar-refractivity contribution in [1.82, 2.24) is 10.2 Å². The lowest BCUT2D eigenvalue weighted by Crippen LogP contribution is -2.42. The Kier molecular flexibility index (Phi) is 6.72. The molecular weight excluding hydrogens is 256 g/mol. The normalized spacial score (nSPS) is 21.4. The highest BCUT2D eigenvalue weighted by Crippen LogP contribution is 2.29. The summed E-state index contributed by atoms with van der Waals surface area (Å²) in [6.45, 7) is 7.01. The number of hydrogen-bond donors (Lipinski definition) is 1. The smallest absolute Gasteiger partial charge is 0.0322 e. The minimum Gasteiger partial charge on any atom is -0.320 e. The molecule has 1 N–H and O–H groups in total. The molecule has 1 aliphatic heterocycles. The molecule has 21 heavy (non-hydrogen) atoms. The van der Waals surface area contributed by atoms with E-state index in [1.54, 1.807) is 0 Å². The van der Waals surface area contributed by atoms with E-state index in [1.165, 1.54) is 56.2 Å². The van der Waals surface area contributed by atoms with Gasteiger partial charge in [0, 0.05) is 12.1 Å². The summed E-state index contributed by atoms with van der Waals surface area (Å²) in [5.41, 5.74) is 2.95. The molecule has 2 unspecified atom stereocenters. The molecule has 2 heteroatoms. The first-order valence-corrected chi connectivity index (χ1v) is 8.75. The van der Waals surface area contributed by atoms with Gasteiger partial charge in [0.15, 0.2) is 0 Å². The Labute approximate surface area is 130 Å². The lowest BCUT2D eigenvalue weighted by Gasteiger charge is -2.40. The maximum absolute atomic E-state index is 3.31. The van der Waals surface area contributed by atoms with Gasteiger partial charge in [-0.25, -0.2) is 0 Å². The van der Waals surface area contributed by atoms with Crippen LogP contribution in [0.2, 0.25) is 0 Å². The molecule has 0 spiro atoms. The second-order valence-electron chi connectivity index (χ2n) is 6.45. The molecule has 0 aliphatic carbocycles. The van der Waals surface area contributed by atoms with Crippen LogP contribution in [0.1, 0.15) is 63.1 Å². The number of benzene rings is 1. The molecule has 1 aliphatic rings. The number of nitrogens with one attached hydrogen (secondary N) is 1. The van der Waals surface area contributed by atoms with Gasteiger partial charge in [-0.1, -0.05) is 44.0 Å². The van der Waals surface area contributed by atoms with Crippen molar-refractivity contribution in [3.05, 3.63) is 35.4 Å². The number of hydrogen-bond acceptors (Lipinski definition) is 2. The molecule has 0 saturated carbocycles. The van der Waals surface area contributed by atoms with Gasteiger partial charge in [0.2, 0.25) is 0 Å². The van der Waals surface area contributed by atoms with Crippen molar-refractivity contribution in [2.45, 2.75) is 64.5 Å². The topological polar surface area (TPSA) is 15.3 Å². The number of rotatable bonds is 7. The minimum absolute atomic E-state index is 0.544. The van der Waals surface area contributed by atoms with Gasteiger partial charge in [0.05, 0.1) is 0 Å². The summed E-state index contributed by atoms with van der Waals surface area (Å²) in [6, 6.07) is 10.6. The third-order valence-electron chi connectivity index (χ3n) is 4.90. The van der Waals surface area contributed by atoms with E-state index in [2.05, 4.69) is 55.4 Å². The van der Waals surface area contributed by atoms with Crippen LogP contribution >= 0.6 is 0 Å². The molecule has 0 amide bonds. The zero-order chi connectivity index (χ0) is 15.1. The zero-order valence-corrected chi connectivity index (χ0v) is 14.1. The zero-order valence-electron chi connectivity index (χ0n) is 14.1. The summed E-state index contributed by atoms with van der Waals surface area (Å²) >= 11 is 0. The summed E-state index contributed by atoms with van der Waals surface area (Å²) < 4.78 is 0. The largest absolute Gasteiger partial charge is 0.320 e. The van der Waals surface area contributed by atoms with Crippen molar-refractivity contribution >= 4 is 0 Å².